The van der Waals surface area contributed by atoms with Crippen LogP contribution in [0.5, 0.6) is 0 Å². The Hall–Kier alpha value is 0.0600. The first-order valence-electron chi connectivity index (χ1n) is 6.10. The van der Waals surface area contributed by atoms with Crippen LogP contribution in [0.25, 0.3) is 0 Å². The van der Waals surface area contributed by atoms with Crippen molar-refractivity contribution < 1.29 is 13.2 Å². The number of halogens is 3. The van der Waals surface area contributed by atoms with Crippen LogP contribution in [0.15, 0.2) is 0 Å². The van der Waals surface area contributed by atoms with Crippen LogP contribution < -0.4 is 5.32 Å². The molecule has 0 aromatic rings. The fourth-order valence-corrected chi connectivity index (χ4v) is 3.65. The summed E-state index contributed by atoms with van der Waals surface area (Å²) in [6.45, 7) is 3.98. The Bertz CT molecular complexity index is 254. The maximum Gasteiger partial charge on any atom is 0.393 e. The second kappa shape index (κ2) is 5.36. The lowest BCUT2D eigenvalue weighted by molar-refractivity contribution is -0.186. The van der Waals surface area contributed by atoms with Gasteiger partial charge in [-0.3, -0.25) is 4.90 Å². The van der Waals surface area contributed by atoms with Gasteiger partial charge in [0, 0.05) is 31.1 Å². The third-order valence-electron chi connectivity index (χ3n) is 3.67. The number of hydrogen-bond donors (Lipinski definition) is 1. The highest BCUT2D eigenvalue weighted by Crippen LogP contribution is 2.35. The monoisotopic (exact) mass is 268 g/mol. The van der Waals surface area contributed by atoms with Gasteiger partial charge in [-0.25, -0.2) is 0 Å². The smallest absolute Gasteiger partial charge is 0.301 e. The maximum atomic E-state index is 12.6. The number of rotatable bonds is 1. The van der Waals surface area contributed by atoms with Crippen LogP contribution in [-0.2, 0) is 0 Å². The summed E-state index contributed by atoms with van der Waals surface area (Å²) < 4.78 is 37.9. The Kier molecular flexibility index (Phi) is 4.26. The van der Waals surface area contributed by atoms with Gasteiger partial charge in [-0.1, -0.05) is 6.92 Å². The first kappa shape index (κ1) is 13.5. The van der Waals surface area contributed by atoms with Gasteiger partial charge < -0.3 is 5.32 Å². The first-order valence-corrected chi connectivity index (χ1v) is 7.26. The van der Waals surface area contributed by atoms with Crippen molar-refractivity contribution in [2.45, 2.75) is 25.7 Å². The molecule has 0 aromatic heterocycles. The average molecular weight is 268 g/mol. The maximum absolute atomic E-state index is 12.6. The lowest BCUT2D eigenvalue weighted by Crippen LogP contribution is -2.58. The van der Waals surface area contributed by atoms with Crippen LogP contribution >= 0.6 is 11.8 Å². The molecule has 17 heavy (non-hydrogen) atoms. The van der Waals surface area contributed by atoms with Crippen molar-refractivity contribution in [3.05, 3.63) is 0 Å². The van der Waals surface area contributed by atoms with Crippen LogP contribution in [0.1, 0.15) is 13.3 Å². The van der Waals surface area contributed by atoms with Gasteiger partial charge in [0.1, 0.15) is 0 Å². The summed E-state index contributed by atoms with van der Waals surface area (Å²) in [6, 6.07) is 0. The van der Waals surface area contributed by atoms with Gasteiger partial charge in [-0.05, 0) is 12.3 Å². The van der Waals surface area contributed by atoms with Crippen LogP contribution in [0, 0.1) is 11.8 Å². The van der Waals surface area contributed by atoms with Crippen molar-refractivity contribution in [1.29, 1.82) is 0 Å². The van der Waals surface area contributed by atoms with Gasteiger partial charge in [0.25, 0.3) is 0 Å². The molecule has 2 aliphatic rings. The minimum atomic E-state index is -4.05. The molecule has 1 N–H and O–H groups in total. The average Bonchev–Trinajstić information content (AvgIpc) is 2.29. The number of nitrogens with one attached hydrogen (secondary N) is 1. The van der Waals surface area contributed by atoms with E-state index in [1.165, 1.54) is 0 Å². The molecule has 2 fully saturated rings. The van der Waals surface area contributed by atoms with Crippen LogP contribution in [0.2, 0.25) is 0 Å². The zero-order valence-corrected chi connectivity index (χ0v) is 10.8. The van der Waals surface area contributed by atoms with Gasteiger partial charge in [0.05, 0.1) is 12.1 Å². The lowest BCUT2D eigenvalue weighted by Gasteiger charge is -2.43. The second-order valence-electron chi connectivity index (χ2n) is 4.95. The molecule has 2 saturated heterocycles. The molecule has 2 nitrogen and oxygen atoms in total. The fraction of sp³-hybridized carbons (Fsp3) is 1.00. The van der Waals surface area contributed by atoms with Crippen LogP contribution in [-0.4, -0.2) is 48.4 Å². The van der Waals surface area contributed by atoms with E-state index in [1.807, 2.05) is 18.7 Å². The topological polar surface area (TPSA) is 15.3 Å². The molecule has 0 saturated carbocycles. The Balaban J connectivity index is 1.91. The molecule has 3 atom stereocenters. The summed E-state index contributed by atoms with van der Waals surface area (Å²) >= 11 is 1.92. The highest BCUT2D eigenvalue weighted by molar-refractivity contribution is 7.99. The summed E-state index contributed by atoms with van der Waals surface area (Å²) in [5, 5.41) is 3.09. The zero-order valence-electron chi connectivity index (χ0n) is 9.96. The van der Waals surface area contributed by atoms with E-state index in [4.69, 9.17) is 0 Å². The molecule has 3 unspecified atom stereocenters. The Labute approximate surface area is 104 Å². The van der Waals surface area contributed by atoms with E-state index in [9.17, 15) is 13.2 Å². The van der Waals surface area contributed by atoms with E-state index >= 15 is 0 Å². The molecule has 2 aliphatic heterocycles. The number of nitrogens with zero attached hydrogens (tertiary/aromatic N) is 1. The molecule has 6 heteroatoms. The quantitative estimate of drug-likeness (QED) is 0.784. The lowest BCUT2D eigenvalue weighted by atomic mass is 9.88. The summed E-state index contributed by atoms with van der Waals surface area (Å²) in [5.41, 5.74) is 0. The molecule has 2 heterocycles. The number of thioether (sulfide) groups is 1. The van der Waals surface area contributed by atoms with Crippen molar-refractivity contribution >= 4 is 11.8 Å². The largest absolute Gasteiger partial charge is 0.393 e. The molecule has 0 spiro atoms. The number of piperidine rings is 1. The van der Waals surface area contributed by atoms with E-state index < -0.39 is 12.1 Å². The van der Waals surface area contributed by atoms with E-state index in [2.05, 4.69) is 10.2 Å². The first-order chi connectivity index (χ1) is 7.98. The van der Waals surface area contributed by atoms with Gasteiger partial charge in [0.2, 0.25) is 0 Å². The summed E-state index contributed by atoms with van der Waals surface area (Å²) in [7, 11) is 0. The molecular weight excluding hydrogens is 249 g/mol. The Morgan fingerprint density at radius 1 is 1.24 bits per heavy atom. The third kappa shape index (κ3) is 3.29. The third-order valence-corrected chi connectivity index (χ3v) is 4.61. The molecule has 0 amide bonds. The minimum Gasteiger partial charge on any atom is -0.301 e. The van der Waals surface area contributed by atoms with Crippen LogP contribution in [0.3, 0.4) is 0 Å². The van der Waals surface area contributed by atoms with Gasteiger partial charge in [0.15, 0.2) is 0 Å². The molecule has 0 aromatic carbocycles. The molecular formula is C11H19F3N2S. The van der Waals surface area contributed by atoms with Gasteiger partial charge >= 0.3 is 6.18 Å². The standard InChI is InChI=1S/C11H19F3N2S/c1-8-6-9(11(12,13)14)7-15-10(8)16-2-4-17-5-3-16/h8-10,15H,2-7H2,1H3. The predicted molar refractivity (Wildman–Crippen MR) is 64.0 cm³/mol. The summed E-state index contributed by atoms with van der Waals surface area (Å²) in [6.07, 6.45) is -3.66. The molecule has 100 valence electrons. The van der Waals surface area contributed by atoms with Crippen molar-refractivity contribution in [2.75, 3.05) is 31.1 Å². The number of alkyl halides is 3. The molecule has 2 rings (SSSR count). The molecule has 0 aliphatic carbocycles. The SMILES string of the molecule is CC1CC(C(F)(F)F)CNC1N1CCSCC1. The fourth-order valence-electron chi connectivity index (χ4n) is 2.72. The van der Waals surface area contributed by atoms with Gasteiger partial charge in [-0.2, -0.15) is 24.9 Å². The summed E-state index contributed by atoms with van der Waals surface area (Å²) in [4.78, 5) is 2.30. The normalized spacial score (nSPS) is 37.1. The Morgan fingerprint density at radius 2 is 1.88 bits per heavy atom. The predicted octanol–water partition coefficient (Wildman–Crippen LogP) is 2.17. The molecule has 0 bridgehead atoms. The van der Waals surface area contributed by atoms with Crippen molar-refractivity contribution in [1.82, 2.24) is 10.2 Å². The molecule has 0 radical (unpaired) electrons. The highest BCUT2D eigenvalue weighted by atomic mass is 32.2. The van der Waals surface area contributed by atoms with E-state index in [0.717, 1.165) is 24.6 Å². The van der Waals surface area contributed by atoms with Crippen molar-refractivity contribution in [3.63, 3.8) is 0 Å². The number of hydrogen-bond acceptors (Lipinski definition) is 3. The van der Waals surface area contributed by atoms with E-state index in [1.54, 1.807) is 0 Å². The Morgan fingerprint density at radius 3 is 2.41 bits per heavy atom. The van der Waals surface area contributed by atoms with Crippen molar-refractivity contribution in [2.24, 2.45) is 11.8 Å². The van der Waals surface area contributed by atoms with E-state index in [0.29, 0.717) is 0 Å². The highest BCUT2D eigenvalue weighted by Gasteiger charge is 2.44. The van der Waals surface area contributed by atoms with Crippen LogP contribution in [0.4, 0.5) is 13.2 Å². The van der Waals surface area contributed by atoms with Crippen molar-refractivity contribution in [3.8, 4) is 0 Å². The second-order valence-corrected chi connectivity index (χ2v) is 6.18. The minimum absolute atomic E-state index is 0.0680. The van der Waals surface area contributed by atoms with Gasteiger partial charge in [-0.15, -0.1) is 0 Å². The van der Waals surface area contributed by atoms with E-state index in [-0.39, 0.29) is 25.0 Å². The zero-order chi connectivity index (χ0) is 12.5. The summed E-state index contributed by atoms with van der Waals surface area (Å²) in [5.74, 6) is 1.08.